The van der Waals surface area contributed by atoms with Crippen LogP contribution in [-0.2, 0) is 25.7 Å². The Balaban J connectivity index is 0.000000430. The molecule has 0 spiro atoms. The Kier molecular flexibility index (Phi) is 15.3. The number of carboxylic acids is 3. The van der Waals surface area contributed by atoms with Crippen molar-refractivity contribution in [3.63, 3.8) is 0 Å². The molecule has 264 valence electrons. The van der Waals surface area contributed by atoms with E-state index in [2.05, 4.69) is 20.9 Å². The number of carbonyl (C=O) groups is 3. The van der Waals surface area contributed by atoms with E-state index >= 15 is 0 Å². The highest BCUT2D eigenvalue weighted by Crippen LogP contribution is 2.41. The van der Waals surface area contributed by atoms with E-state index in [1.807, 2.05) is 12.3 Å². The molecule has 0 saturated carbocycles. The lowest BCUT2D eigenvalue weighted by Gasteiger charge is -2.50. The lowest BCUT2D eigenvalue weighted by molar-refractivity contribution is -0.193. The molecular weight excluding hydrogens is 672 g/mol. The van der Waals surface area contributed by atoms with Gasteiger partial charge in [0.05, 0.1) is 12.7 Å². The van der Waals surface area contributed by atoms with Gasteiger partial charge in [-0.25, -0.2) is 23.8 Å². The first-order valence-corrected chi connectivity index (χ1v) is 12.9. The normalized spacial score (nSPS) is 19.6. The summed E-state index contributed by atoms with van der Waals surface area (Å²) in [6.07, 6.45) is -6.83. The predicted molar refractivity (Wildman–Crippen MR) is 136 cm³/mol. The monoisotopic (exact) mass is 699 g/mol. The van der Waals surface area contributed by atoms with Crippen LogP contribution in [0.3, 0.4) is 0 Å². The maximum absolute atomic E-state index is 13.9. The second-order valence-electron chi connectivity index (χ2n) is 9.67. The van der Waals surface area contributed by atoms with Crippen molar-refractivity contribution in [2.24, 2.45) is 5.41 Å². The number of fused-ring (bicyclic) bond motifs is 1. The fourth-order valence-electron chi connectivity index (χ4n) is 4.17. The minimum absolute atomic E-state index is 0.0792. The summed E-state index contributed by atoms with van der Waals surface area (Å²) in [5.74, 6) is -8.61. The number of pyridine rings is 2. The number of rotatable bonds is 5. The van der Waals surface area contributed by atoms with Crippen molar-refractivity contribution in [2.45, 2.75) is 50.4 Å². The van der Waals surface area contributed by atoms with Crippen molar-refractivity contribution in [1.29, 1.82) is 0 Å². The van der Waals surface area contributed by atoms with Gasteiger partial charge in [-0.3, -0.25) is 9.88 Å². The van der Waals surface area contributed by atoms with Gasteiger partial charge in [0, 0.05) is 50.2 Å². The molecule has 0 aromatic carbocycles. The molecule has 3 N–H and O–H groups in total. The predicted octanol–water partition coefficient (Wildman–Crippen LogP) is 4.97. The number of hydrogen-bond acceptors (Lipinski definition) is 8. The summed E-state index contributed by atoms with van der Waals surface area (Å²) in [5.41, 5.74) is 1.08. The van der Waals surface area contributed by atoms with Crippen LogP contribution in [0, 0.1) is 11.2 Å². The maximum Gasteiger partial charge on any atom is 0.490 e. The summed E-state index contributed by atoms with van der Waals surface area (Å²) in [6, 6.07) is 7.02. The number of aromatic nitrogens is 2. The van der Waals surface area contributed by atoms with Gasteiger partial charge in [0.2, 0.25) is 5.88 Å². The number of hydrogen-bond donors (Lipinski definition) is 3. The van der Waals surface area contributed by atoms with E-state index < -0.39 is 42.3 Å². The van der Waals surface area contributed by atoms with E-state index in [0.29, 0.717) is 6.61 Å². The number of alkyl halides is 9. The number of aliphatic carboxylic acids is 3. The van der Waals surface area contributed by atoms with Gasteiger partial charge in [0.15, 0.2) is 5.82 Å². The Bertz CT molecular complexity index is 1240. The zero-order chi connectivity index (χ0) is 36.1. The first kappa shape index (κ1) is 40.8. The Labute approximate surface area is 258 Å². The van der Waals surface area contributed by atoms with Crippen LogP contribution in [0.25, 0.3) is 0 Å². The summed E-state index contributed by atoms with van der Waals surface area (Å²) < 4.78 is 121. The van der Waals surface area contributed by atoms with E-state index in [-0.39, 0.29) is 17.4 Å². The molecule has 4 rings (SSSR count). The van der Waals surface area contributed by atoms with E-state index in [1.54, 1.807) is 18.5 Å². The van der Waals surface area contributed by atoms with E-state index in [9.17, 15) is 43.9 Å². The number of nitrogens with zero attached hydrogens (tertiary/aromatic N) is 3. The van der Waals surface area contributed by atoms with Gasteiger partial charge in [0.25, 0.3) is 0 Å². The highest BCUT2D eigenvalue weighted by molar-refractivity contribution is 5.73. The molecule has 0 bridgehead atoms. The molecule has 2 aliphatic rings. The number of likely N-dealkylation sites (tertiary alicyclic amines) is 1. The van der Waals surface area contributed by atoms with Crippen LogP contribution >= 0.6 is 0 Å². The molecule has 11 nitrogen and oxygen atoms in total. The van der Waals surface area contributed by atoms with Gasteiger partial charge in [-0.1, -0.05) is 6.07 Å². The van der Waals surface area contributed by atoms with Crippen LogP contribution in [0.15, 0.2) is 42.9 Å². The van der Waals surface area contributed by atoms with Crippen molar-refractivity contribution in [1.82, 2.24) is 14.9 Å². The minimum Gasteiger partial charge on any atom is -0.475 e. The molecule has 0 amide bonds. The van der Waals surface area contributed by atoms with Gasteiger partial charge in [-0.2, -0.15) is 39.5 Å². The minimum atomic E-state index is -5.08. The van der Waals surface area contributed by atoms with Crippen molar-refractivity contribution in [2.75, 3.05) is 26.3 Å². The number of ether oxygens (including phenoxy) is 2. The summed E-state index contributed by atoms with van der Waals surface area (Å²) in [4.78, 5) is 37.4. The Morgan fingerprint density at radius 1 is 0.915 bits per heavy atom. The first-order valence-electron chi connectivity index (χ1n) is 12.9. The smallest absolute Gasteiger partial charge is 0.475 e. The summed E-state index contributed by atoms with van der Waals surface area (Å²) in [6.45, 7) is 3.95. The second kappa shape index (κ2) is 17.6. The summed E-state index contributed by atoms with van der Waals surface area (Å²) in [7, 11) is 0. The zero-order valence-corrected chi connectivity index (χ0v) is 23.8. The Morgan fingerprint density at radius 3 is 1.91 bits per heavy atom. The third-order valence-electron chi connectivity index (χ3n) is 6.14. The van der Waals surface area contributed by atoms with Crippen molar-refractivity contribution < 1.29 is 83.1 Å². The molecule has 47 heavy (non-hydrogen) atoms. The third-order valence-corrected chi connectivity index (χ3v) is 6.14. The standard InChI is InChI=1S/C20H24FN3O2.3C2HF3O2/c21-17-5-2-9-23-19(17)26-15-20-7-3-11-25-18(20)6-10-24(14-20)13-16-4-1-8-22-12-16;3*3-2(4,5)1(6)7/h1-2,4-5,8-9,12,18H,3,6-7,10-11,13-15H2;3*(H,6,7). The largest absolute Gasteiger partial charge is 0.490 e. The van der Waals surface area contributed by atoms with Crippen LogP contribution < -0.4 is 4.74 Å². The van der Waals surface area contributed by atoms with Crippen LogP contribution in [0.4, 0.5) is 43.9 Å². The Hall–Kier alpha value is -4.27. The molecule has 0 aliphatic carbocycles. The number of piperidine rings is 1. The molecule has 21 heteroatoms. The average molecular weight is 699 g/mol. The Morgan fingerprint density at radius 2 is 1.45 bits per heavy atom. The fraction of sp³-hybridized carbons (Fsp3) is 0.500. The van der Waals surface area contributed by atoms with Gasteiger partial charge in [-0.05, 0) is 43.0 Å². The van der Waals surface area contributed by atoms with E-state index in [0.717, 1.165) is 45.5 Å². The summed E-state index contributed by atoms with van der Waals surface area (Å²) >= 11 is 0. The molecule has 0 radical (unpaired) electrons. The average Bonchev–Trinajstić information content (AvgIpc) is 2.97. The number of halogens is 10. The zero-order valence-electron chi connectivity index (χ0n) is 23.8. The topological polar surface area (TPSA) is 159 Å². The van der Waals surface area contributed by atoms with Crippen molar-refractivity contribution in [3.8, 4) is 5.88 Å². The highest BCUT2D eigenvalue weighted by Gasteiger charge is 2.47. The lowest BCUT2D eigenvalue weighted by Crippen LogP contribution is -2.57. The molecule has 2 fully saturated rings. The third kappa shape index (κ3) is 14.8. The first-order chi connectivity index (χ1) is 21.6. The van der Waals surface area contributed by atoms with E-state index in [4.69, 9.17) is 39.2 Å². The molecule has 2 aromatic rings. The van der Waals surface area contributed by atoms with Gasteiger partial charge >= 0.3 is 36.4 Å². The lowest BCUT2D eigenvalue weighted by atomic mass is 9.73. The van der Waals surface area contributed by atoms with E-state index in [1.165, 1.54) is 11.6 Å². The van der Waals surface area contributed by atoms with Gasteiger partial charge < -0.3 is 24.8 Å². The number of carboxylic acid groups (broad SMARTS) is 3. The van der Waals surface area contributed by atoms with Crippen LogP contribution in [-0.4, -0.2) is 99.0 Å². The van der Waals surface area contributed by atoms with Crippen LogP contribution in [0.2, 0.25) is 0 Å². The molecular formula is C26H27F10N3O8. The fourth-order valence-corrected chi connectivity index (χ4v) is 4.17. The molecule has 2 aliphatic heterocycles. The van der Waals surface area contributed by atoms with Crippen LogP contribution in [0.1, 0.15) is 24.8 Å². The highest BCUT2D eigenvalue weighted by atomic mass is 19.4. The van der Waals surface area contributed by atoms with Crippen LogP contribution in [0.5, 0.6) is 5.88 Å². The molecule has 4 heterocycles. The quantitative estimate of drug-likeness (QED) is 0.362. The van der Waals surface area contributed by atoms with Crippen molar-refractivity contribution >= 4 is 17.9 Å². The maximum atomic E-state index is 13.9. The molecule has 2 aromatic heterocycles. The molecule has 2 atom stereocenters. The second-order valence-corrected chi connectivity index (χ2v) is 9.67. The molecule has 2 unspecified atom stereocenters. The SMILES string of the molecule is Fc1cccnc1OCC12CCCOC1CCN(Cc1cccnc1)C2.O=C(O)C(F)(F)F.O=C(O)C(F)(F)F.O=C(O)C(F)(F)F. The van der Waals surface area contributed by atoms with Gasteiger partial charge in [0.1, 0.15) is 0 Å². The summed E-state index contributed by atoms with van der Waals surface area (Å²) in [5, 5.41) is 21.4. The molecule has 2 saturated heterocycles. The van der Waals surface area contributed by atoms with Gasteiger partial charge in [-0.15, -0.1) is 0 Å². The van der Waals surface area contributed by atoms with Crippen molar-refractivity contribution in [3.05, 3.63) is 54.2 Å².